The molecular formula is C77H53N3. The molecule has 0 atom stereocenters. The van der Waals surface area contributed by atoms with Gasteiger partial charge in [-0.1, -0.05) is 180 Å². The van der Waals surface area contributed by atoms with Crippen LogP contribution in [0.5, 0.6) is 0 Å². The van der Waals surface area contributed by atoms with Crippen LogP contribution in [0.1, 0.15) is 16.7 Å². The fourth-order valence-corrected chi connectivity index (χ4v) is 13.2. The van der Waals surface area contributed by atoms with Crippen LogP contribution in [-0.2, 0) is 0 Å². The van der Waals surface area contributed by atoms with E-state index in [0.29, 0.717) is 0 Å². The lowest BCUT2D eigenvalue weighted by Crippen LogP contribution is -1.95. The highest BCUT2D eigenvalue weighted by Gasteiger charge is 2.21. The van der Waals surface area contributed by atoms with Gasteiger partial charge in [-0.15, -0.1) is 0 Å². The number of aromatic nitrogens is 3. The molecule has 0 unspecified atom stereocenters. The summed E-state index contributed by atoms with van der Waals surface area (Å²) in [5, 5.41) is 12.5. The minimum atomic E-state index is 1.12. The average Bonchev–Trinajstić information content (AvgIpc) is 4.33. The van der Waals surface area contributed by atoms with Crippen molar-refractivity contribution in [3.05, 3.63) is 284 Å². The monoisotopic (exact) mass is 1020 g/mol. The van der Waals surface area contributed by atoms with Gasteiger partial charge in [0.05, 0.1) is 33.1 Å². The van der Waals surface area contributed by atoms with Crippen molar-refractivity contribution >= 4 is 87.0 Å². The zero-order chi connectivity index (χ0) is 53.2. The summed E-state index contributed by atoms with van der Waals surface area (Å²) in [6.07, 6.45) is 0. The molecule has 0 fully saturated rings. The summed E-state index contributed by atoms with van der Waals surface area (Å²) in [7, 11) is 0. The van der Waals surface area contributed by atoms with Gasteiger partial charge in [-0.2, -0.15) is 0 Å². The van der Waals surface area contributed by atoms with Crippen LogP contribution in [0.2, 0.25) is 0 Å². The van der Waals surface area contributed by atoms with E-state index in [1.807, 2.05) is 0 Å². The highest BCUT2D eigenvalue weighted by molar-refractivity contribution is 6.22. The van der Waals surface area contributed by atoms with Gasteiger partial charge in [0.2, 0.25) is 0 Å². The summed E-state index contributed by atoms with van der Waals surface area (Å²) >= 11 is 0. The van der Waals surface area contributed by atoms with Crippen LogP contribution in [0.15, 0.2) is 267 Å². The lowest BCUT2D eigenvalue weighted by Gasteiger charge is -2.18. The topological polar surface area (TPSA) is 14.8 Å². The molecule has 3 heterocycles. The van der Waals surface area contributed by atoms with Gasteiger partial charge in [-0.25, -0.2) is 0 Å². The molecule has 0 bridgehead atoms. The molecule has 0 N–H and O–H groups in total. The Morgan fingerprint density at radius 3 is 0.875 bits per heavy atom. The minimum Gasteiger partial charge on any atom is -0.309 e. The van der Waals surface area contributed by atoms with Gasteiger partial charge in [-0.05, 0) is 190 Å². The number of para-hydroxylation sites is 1. The zero-order valence-corrected chi connectivity index (χ0v) is 44.7. The van der Waals surface area contributed by atoms with E-state index < -0.39 is 0 Å². The predicted octanol–water partition coefficient (Wildman–Crippen LogP) is 20.9. The van der Waals surface area contributed by atoms with E-state index in [2.05, 4.69) is 301 Å². The molecule has 3 heteroatoms. The van der Waals surface area contributed by atoms with Gasteiger partial charge in [0.25, 0.3) is 0 Å². The van der Waals surface area contributed by atoms with Crippen molar-refractivity contribution in [2.45, 2.75) is 20.8 Å². The summed E-state index contributed by atoms with van der Waals surface area (Å²) in [6.45, 7) is 6.49. The van der Waals surface area contributed by atoms with E-state index in [1.54, 1.807) is 0 Å². The second kappa shape index (κ2) is 17.9. The number of rotatable bonds is 7. The van der Waals surface area contributed by atoms with Crippen molar-refractivity contribution in [2.24, 2.45) is 0 Å². The third-order valence-electron chi connectivity index (χ3n) is 17.0. The van der Waals surface area contributed by atoms with Crippen molar-refractivity contribution in [1.82, 2.24) is 13.7 Å². The van der Waals surface area contributed by atoms with Crippen LogP contribution in [0.4, 0.5) is 0 Å². The van der Waals surface area contributed by atoms with E-state index in [-0.39, 0.29) is 0 Å². The first-order valence-corrected chi connectivity index (χ1v) is 27.8. The Morgan fingerprint density at radius 1 is 0.188 bits per heavy atom. The molecule has 0 aliphatic rings. The first-order chi connectivity index (χ1) is 39.4. The summed E-state index contributed by atoms with van der Waals surface area (Å²) in [6, 6.07) is 99.7. The molecule has 376 valence electrons. The minimum absolute atomic E-state index is 1.12. The van der Waals surface area contributed by atoms with Crippen molar-refractivity contribution in [3.63, 3.8) is 0 Å². The number of benzene rings is 13. The largest absolute Gasteiger partial charge is 0.309 e. The van der Waals surface area contributed by atoms with E-state index >= 15 is 0 Å². The number of hydrogen-bond acceptors (Lipinski definition) is 0. The second-order valence-corrected chi connectivity index (χ2v) is 21.9. The smallest absolute Gasteiger partial charge is 0.0541 e. The summed E-state index contributed by atoms with van der Waals surface area (Å²) in [5.41, 5.74) is 24.1. The molecule has 80 heavy (non-hydrogen) atoms. The second-order valence-electron chi connectivity index (χ2n) is 21.9. The van der Waals surface area contributed by atoms with Crippen LogP contribution >= 0.6 is 0 Å². The van der Waals surface area contributed by atoms with Crippen molar-refractivity contribution < 1.29 is 0 Å². The number of fused-ring (bicyclic) bond motifs is 11. The maximum Gasteiger partial charge on any atom is 0.0541 e. The fraction of sp³-hybridized carbons (Fsp3) is 0.0390. The molecular weight excluding hydrogens is 967 g/mol. The van der Waals surface area contributed by atoms with E-state index in [4.69, 9.17) is 0 Å². The molecule has 13 aromatic carbocycles. The third kappa shape index (κ3) is 7.14. The molecule has 0 aliphatic carbocycles. The van der Waals surface area contributed by atoms with E-state index in [0.717, 1.165) is 5.69 Å². The summed E-state index contributed by atoms with van der Waals surface area (Å²) in [5.74, 6) is 0. The van der Waals surface area contributed by atoms with Gasteiger partial charge in [0.1, 0.15) is 0 Å². The Labute approximate surface area is 464 Å². The van der Waals surface area contributed by atoms with Crippen molar-refractivity contribution in [3.8, 4) is 61.6 Å². The summed E-state index contributed by atoms with van der Waals surface area (Å²) in [4.78, 5) is 0. The van der Waals surface area contributed by atoms with Gasteiger partial charge < -0.3 is 13.7 Å². The SMILES string of the molecule is Cc1ccc(-n2c3ccccc3c3cc(-c4ccc5c(c4)c4cc(-c6ccc7c(c6)c6cc(C)ccc6n7-c6ccc(C)cc6)ccc4n5-c4ccc(-c5c6ccccc6c(-c6ccccc6)c6ccccc56)cc4)ccc32)cc1. The maximum absolute atomic E-state index is 2.47. The highest BCUT2D eigenvalue weighted by Crippen LogP contribution is 2.46. The van der Waals surface area contributed by atoms with Crippen LogP contribution < -0.4 is 0 Å². The fourth-order valence-electron chi connectivity index (χ4n) is 13.2. The van der Waals surface area contributed by atoms with Crippen molar-refractivity contribution in [2.75, 3.05) is 0 Å². The number of nitrogens with zero attached hydrogens (tertiary/aromatic N) is 3. The average molecular weight is 1020 g/mol. The quantitative estimate of drug-likeness (QED) is 0.141. The molecule has 0 spiro atoms. The molecule has 3 aromatic heterocycles. The molecule has 3 nitrogen and oxygen atoms in total. The predicted molar refractivity (Wildman–Crippen MR) is 340 cm³/mol. The van der Waals surface area contributed by atoms with E-state index in [9.17, 15) is 0 Å². The molecule has 0 amide bonds. The normalized spacial score (nSPS) is 11.9. The molecule has 0 saturated heterocycles. The Balaban J connectivity index is 0.881. The molecule has 16 aromatic rings. The third-order valence-corrected chi connectivity index (χ3v) is 17.0. The van der Waals surface area contributed by atoms with Crippen LogP contribution in [-0.4, -0.2) is 13.7 Å². The lowest BCUT2D eigenvalue weighted by atomic mass is 9.86. The molecule has 16 rings (SSSR count). The van der Waals surface area contributed by atoms with Crippen LogP contribution in [0, 0.1) is 20.8 Å². The van der Waals surface area contributed by atoms with Crippen molar-refractivity contribution in [1.29, 1.82) is 0 Å². The molecule has 0 aliphatic heterocycles. The van der Waals surface area contributed by atoms with Crippen LogP contribution in [0.25, 0.3) is 149 Å². The van der Waals surface area contributed by atoms with Gasteiger partial charge in [-0.3, -0.25) is 0 Å². The molecule has 0 radical (unpaired) electrons. The zero-order valence-electron chi connectivity index (χ0n) is 44.7. The van der Waals surface area contributed by atoms with Gasteiger partial charge in [0, 0.05) is 49.4 Å². The Kier molecular flexibility index (Phi) is 10.3. The Hall–Kier alpha value is -10.2. The van der Waals surface area contributed by atoms with Gasteiger partial charge in [0.15, 0.2) is 0 Å². The van der Waals surface area contributed by atoms with Gasteiger partial charge >= 0.3 is 0 Å². The Morgan fingerprint density at radius 2 is 0.463 bits per heavy atom. The van der Waals surface area contributed by atoms with Crippen LogP contribution in [0.3, 0.4) is 0 Å². The highest BCUT2D eigenvalue weighted by atomic mass is 15.0. The van der Waals surface area contributed by atoms with E-state index in [1.165, 1.54) is 160 Å². The number of hydrogen-bond donors (Lipinski definition) is 0. The standard InChI is InChI=1S/C77H53N3/c1-48-21-32-57(33-22-48)78-70-20-12-11-15-60(70)66-44-53(28-39-72(66)78)55-30-41-74-68(46-55)69-47-56(54-29-40-73-67(45-54)65-43-50(3)25-38-71(65)79(73)58-34-23-49(2)24-35-58)31-42-75(69)80(74)59-36-26-52(27-37-59)77-63-18-9-7-16-61(63)76(51-13-5-4-6-14-51)62-17-8-10-19-64(62)77/h4-47H,1-3H3. The first-order valence-electron chi connectivity index (χ1n) is 27.8. The first kappa shape index (κ1) is 45.9. The molecule has 0 saturated carbocycles. The summed E-state index contributed by atoms with van der Waals surface area (Å²) < 4.78 is 7.29. The number of aryl methyl sites for hydroxylation is 3. The Bertz CT molecular complexity index is 5110. The lowest BCUT2D eigenvalue weighted by molar-refractivity contribution is 1.17. The maximum atomic E-state index is 2.47.